The molecule has 8 aromatic rings. The second-order valence-corrected chi connectivity index (χ2v) is 15.3. The van der Waals surface area contributed by atoms with E-state index in [1.807, 2.05) is 10.6 Å². The van der Waals surface area contributed by atoms with Crippen molar-refractivity contribution in [3.05, 3.63) is 132 Å². The van der Waals surface area contributed by atoms with Gasteiger partial charge in [-0.2, -0.15) is 36.5 Å². The van der Waals surface area contributed by atoms with Gasteiger partial charge in [-0.15, -0.1) is 0 Å². The summed E-state index contributed by atoms with van der Waals surface area (Å²) in [5.41, 5.74) is -4.75. The zero-order valence-electron chi connectivity index (χ0n) is 37.3. The summed E-state index contributed by atoms with van der Waals surface area (Å²) in [6.45, 7) is -3.10. The van der Waals surface area contributed by atoms with Crippen molar-refractivity contribution in [1.82, 2.24) is 55.2 Å². The van der Waals surface area contributed by atoms with Gasteiger partial charge in [0.25, 0.3) is 17.1 Å². The lowest BCUT2D eigenvalue weighted by molar-refractivity contribution is -0.256. The predicted molar refractivity (Wildman–Crippen MR) is 232 cm³/mol. The number of esters is 1. The maximum Gasteiger partial charge on any atom is 0.429 e. The number of amides is 1. The number of benzene rings is 2. The van der Waals surface area contributed by atoms with E-state index in [4.69, 9.17) is 14.9 Å². The summed E-state index contributed by atoms with van der Waals surface area (Å²) in [6, 6.07) is 17.8. The van der Waals surface area contributed by atoms with Crippen molar-refractivity contribution in [2.45, 2.75) is 36.6 Å². The van der Waals surface area contributed by atoms with E-state index in [2.05, 4.69) is 45.2 Å². The van der Waals surface area contributed by atoms with E-state index in [1.54, 1.807) is 24.3 Å². The van der Waals surface area contributed by atoms with Crippen molar-refractivity contribution in [2.75, 3.05) is 30.8 Å². The molecular weight excluding hydrogens is 1010 g/mol. The van der Waals surface area contributed by atoms with Crippen LogP contribution < -0.4 is 21.9 Å². The molecule has 0 radical (unpaired) electrons. The highest BCUT2D eigenvalue weighted by Gasteiger charge is 2.61. The molecule has 0 aliphatic heterocycles. The first kappa shape index (κ1) is 53.0. The third kappa shape index (κ3) is 11.3. The van der Waals surface area contributed by atoms with E-state index in [-0.39, 0.29) is 41.7 Å². The van der Waals surface area contributed by atoms with E-state index in [1.165, 1.54) is 75.8 Å². The number of carbonyl (C=O) groups is 2. The van der Waals surface area contributed by atoms with Gasteiger partial charge in [-0.05, 0) is 24.3 Å². The number of nitrogens with one attached hydrogen (secondary N) is 3. The fourth-order valence-electron chi connectivity index (χ4n) is 6.51. The van der Waals surface area contributed by atoms with Crippen LogP contribution in [0.5, 0.6) is 0 Å². The SMILES string of the molecule is COC(=O)C(O)(CNc1nc(-c2cc(-c3ccon3)n(Cc3ccccc3F)n2)ncc1F)C(F)(F)F.NNC(=O)C(O)(CNc1nc(-c2cc(-c3ccon3)n(Cc3ccccc3F)n2)ncc1F)C(F)(F)F. The average Bonchev–Trinajstić information content (AvgIpc) is 4.23. The molecule has 0 aliphatic carbocycles. The zero-order chi connectivity index (χ0) is 53.6. The standard InChI is InChI=1S/C22H17F5N6O4.C21H17F5N8O3/c1-36-20(34)21(35,22(25,26)27)11-29-18-14(24)9-28-19(30-18)16-8-17(15-6-7-37-32-15)33(31-16)10-12-4-2-3-5-13(12)23;22-12-4-2-1-3-11(12)9-34-16(14-5-6-37-33-14)7-15(32-34)18-28-8-13(23)17(30-18)29-10-20(36,19(35)31-27)21(24,25)26/h2-9,35H,10-11H2,1H3,(H,28,29,30);1-8,36H,9-10,27H2,(H,31,35)(H,28,29,30). The number of hydrazine groups is 1. The molecule has 0 bridgehead atoms. The largest absolute Gasteiger partial charge is 0.467 e. The Labute approximate surface area is 407 Å². The van der Waals surface area contributed by atoms with Gasteiger partial charge >= 0.3 is 18.3 Å². The summed E-state index contributed by atoms with van der Waals surface area (Å²) >= 11 is 0. The minimum atomic E-state index is -5.45. The van der Waals surface area contributed by atoms with Gasteiger partial charge in [0.1, 0.15) is 46.9 Å². The number of anilines is 2. The Morgan fingerprint density at radius 2 is 1.05 bits per heavy atom. The molecule has 31 heteroatoms. The summed E-state index contributed by atoms with van der Waals surface area (Å²) in [7, 11) is 0.659. The zero-order valence-corrected chi connectivity index (χ0v) is 37.3. The van der Waals surface area contributed by atoms with Crippen LogP contribution in [-0.4, -0.2) is 116 Å². The summed E-state index contributed by atoms with van der Waals surface area (Å²) in [5.74, 6) is -4.51. The first-order valence-electron chi connectivity index (χ1n) is 20.7. The summed E-state index contributed by atoms with van der Waals surface area (Å²) in [4.78, 5) is 38.5. The Morgan fingerprint density at radius 3 is 1.42 bits per heavy atom. The van der Waals surface area contributed by atoms with Crippen molar-refractivity contribution in [3.8, 4) is 45.8 Å². The van der Waals surface area contributed by atoms with E-state index in [0.717, 1.165) is 0 Å². The van der Waals surface area contributed by atoms with Crippen molar-refractivity contribution in [2.24, 2.45) is 5.84 Å². The quantitative estimate of drug-likeness (QED) is 0.0238. The highest BCUT2D eigenvalue weighted by Crippen LogP contribution is 2.34. The smallest absolute Gasteiger partial charge is 0.429 e. The number of alkyl halides is 6. The van der Waals surface area contributed by atoms with Crippen LogP contribution in [0.2, 0.25) is 0 Å². The number of aromatic nitrogens is 10. The van der Waals surface area contributed by atoms with Gasteiger partial charge in [-0.3, -0.25) is 19.6 Å². The van der Waals surface area contributed by atoms with Crippen LogP contribution in [0, 0.1) is 23.3 Å². The van der Waals surface area contributed by atoms with E-state index in [9.17, 15) is 63.7 Å². The molecule has 74 heavy (non-hydrogen) atoms. The molecule has 0 aliphatic rings. The molecule has 2 unspecified atom stereocenters. The predicted octanol–water partition coefficient (Wildman–Crippen LogP) is 5.22. The number of nitrogens with zero attached hydrogens (tertiary/aromatic N) is 10. The molecule has 388 valence electrons. The molecule has 0 spiro atoms. The minimum Gasteiger partial charge on any atom is -0.467 e. The number of rotatable bonds is 16. The molecule has 7 N–H and O–H groups in total. The van der Waals surface area contributed by atoms with Crippen LogP contribution in [0.15, 0.2) is 107 Å². The minimum absolute atomic E-state index is 0.0307. The van der Waals surface area contributed by atoms with Gasteiger partial charge in [0, 0.05) is 23.3 Å². The first-order valence-corrected chi connectivity index (χ1v) is 20.7. The van der Waals surface area contributed by atoms with Crippen LogP contribution in [0.3, 0.4) is 0 Å². The summed E-state index contributed by atoms with van der Waals surface area (Å²) < 4.78 is 153. The number of hydrogen-bond donors (Lipinski definition) is 6. The highest BCUT2D eigenvalue weighted by atomic mass is 19.4. The number of carbonyl (C=O) groups excluding carboxylic acids is 2. The molecule has 0 fully saturated rings. The first-order chi connectivity index (χ1) is 35.1. The van der Waals surface area contributed by atoms with Crippen molar-refractivity contribution >= 4 is 23.5 Å². The molecule has 1 amide bonds. The van der Waals surface area contributed by atoms with Crippen LogP contribution >= 0.6 is 0 Å². The van der Waals surface area contributed by atoms with Crippen molar-refractivity contribution in [1.29, 1.82) is 0 Å². The maximum absolute atomic E-state index is 14.3. The highest BCUT2D eigenvalue weighted by molar-refractivity contribution is 5.86. The fourth-order valence-corrected chi connectivity index (χ4v) is 6.51. The van der Waals surface area contributed by atoms with Crippen molar-refractivity contribution in [3.63, 3.8) is 0 Å². The second kappa shape index (κ2) is 21.5. The van der Waals surface area contributed by atoms with Gasteiger partial charge in [0.15, 0.2) is 34.9 Å². The van der Waals surface area contributed by atoms with Gasteiger partial charge in [-0.1, -0.05) is 46.7 Å². The molecule has 2 atom stereocenters. The van der Waals surface area contributed by atoms with Gasteiger partial charge < -0.3 is 34.6 Å². The van der Waals surface area contributed by atoms with Crippen LogP contribution in [-0.2, 0) is 27.4 Å². The van der Waals surface area contributed by atoms with Crippen molar-refractivity contribution < 1.29 is 77.5 Å². The monoisotopic (exact) mass is 1050 g/mol. The fraction of sp³-hybridized carbons (Fsp3) is 0.209. The normalized spacial score (nSPS) is 13.3. The molecule has 0 saturated carbocycles. The molecule has 2 aromatic carbocycles. The molecular formula is C43H34F10N14O7. The number of hydrogen-bond acceptors (Lipinski definition) is 18. The maximum atomic E-state index is 14.3. The van der Waals surface area contributed by atoms with Crippen LogP contribution in [0.4, 0.5) is 55.5 Å². The van der Waals surface area contributed by atoms with Crippen LogP contribution in [0.1, 0.15) is 11.1 Å². The Hall–Kier alpha value is -8.84. The third-order valence-electron chi connectivity index (χ3n) is 10.5. The van der Waals surface area contributed by atoms with Gasteiger partial charge in [0.05, 0.1) is 57.1 Å². The van der Waals surface area contributed by atoms with Gasteiger partial charge in [-0.25, -0.2) is 48.1 Å². The molecule has 21 nitrogen and oxygen atoms in total. The summed E-state index contributed by atoms with van der Waals surface area (Å²) in [6.07, 6.45) is -6.96. The lowest BCUT2D eigenvalue weighted by atomic mass is 10.0. The number of halogens is 10. The topological polar surface area (TPSA) is 285 Å². The van der Waals surface area contributed by atoms with E-state index in [0.29, 0.717) is 47.8 Å². The Bertz CT molecular complexity index is 3030. The number of methoxy groups -OCH3 is 1. The van der Waals surface area contributed by atoms with Gasteiger partial charge in [0.2, 0.25) is 0 Å². The number of nitrogens with two attached hydrogens (primary N) is 1. The Morgan fingerprint density at radius 1 is 0.635 bits per heavy atom. The Kier molecular flexibility index (Phi) is 15.4. The number of aliphatic hydroxyl groups is 2. The van der Waals surface area contributed by atoms with Crippen LogP contribution in [0.25, 0.3) is 45.8 Å². The van der Waals surface area contributed by atoms with E-state index >= 15 is 0 Å². The lowest BCUT2D eigenvalue weighted by Crippen LogP contribution is -2.62. The molecule has 8 rings (SSSR count). The lowest BCUT2D eigenvalue weighted by Gasteiger charge is -2.28. The third-order valence-corrected chi connectivity index (χ3v) is 10.5. The average molecular weight is 1050 g/mol. The second-order valence-electron chi connectivity index (χ2n) is 15.3. The number of ether oxygens (including phenoxy) is 1. The Balaban J connectivity index is 0.000000216. The molecule has 0 saturated heterocycles. The molecule has 6 aromatic heterocycles. The summed E-state index contributed by atoms with van der Waals surface area (Å²) in [5, 5.41) is 40.0. The van der Waals surface area contributed by atoms with E-state index < -0.39 is 83.4 Å². The molecule has 6 heterocycles.